The molecule has 1 N–H and O–H groups in total. The number of hydrogen-bond donors (Lipinski definition) is 1. The van der Waals surface area contributed by atoms with E-state index < -0.39 is 0 Å². The molecule has 1 aromatic heterocycles. The molecule has 5 rings (SSSR count). The van der Waals surface area contributed by atoms with Gasteiger partial charge in [0.15, 0.2) is 0 Å². The molecular formula is C23H25ClN4O. The van der Waals surface area contributed by atoms with Crippen molar-refractivity contribution >= 4 is 28.3 Å². The summed E-state index contributed by atoms with van der Waals surface area (Å²) in [4.78, 5) is 12.1. The topological polar surface area (TPSA) is 50.3 Å². The van der Waals surface area contributed by atoms with Crippen LogP contribution < -0.4 is 5.32 Å². The van der Waals surface area contributed by atoms with Gasteiger partial charge >= 0.3 is 0 Å². The zero-order chi connectivity index (χ0) is 19.6. The summed E-state index contributed by atoms with van der Waals surface area (Å²) in [7, 11) is 0. The van der Waals surface area contributed by atoms with Gasteiger partial charge in [-0.15, -0.1) is 0 Å². The van der Waals surface area contributed by atoms with E-state index in [1.165, 1.54) is 11.1 Å². The number of hydrogen-bond acceptors (Lipinski definition) is 5. The predicted octanol–water partition coefficient (Wildman–Crippen LogP) is 4.43. The molecule has 0 saturated carbocycles. The standard InChI is InChI=1S/C23H25ClN4O/c24-18-7-8-20-21(12-18)26-22(27-23(20)25-13-19-6-3-11-29-19)15-28-10-9-16-4-1-2-5-17(16)14-28/h1-2,4-5,7-8,12,19H,3,6,9-11,13-15H2,(H,25,26,27). The molecular weight excluding hydrogens is 384 g/mol. The lowest BCUT2D eigenvalue weighted by molar-refractivity contribution is 0.120. The SMILES string of the molecule is Clc1ccc2c(NCC3CCCO3)nc(CN3CCc4ccccc4C3)nc2c1. The van der Waals surface area contributed by atoms with Gasteiger partial charge in [0, 0.05) is 36.7 Å². The third-order valence-corrected chi connectivity index (χ3v) is 6.04. The van der Waals surface area contributed by atoms with Crippen LogP contribution in [0, 0.1) is 0 Å². The number of nitrogens with zero attached hydrogens (tertiary/aromatic N) is 3. The molecule has 0 amide bonds. The monoisotopic (exact) mass is 408 g/mol. The maximum atomic E-state index is 6.24. The zero-order valence-electron chi connectivity index (χ0n) is 16.4. The van der Waals surface area contributed by atoms with Gasteiger partial charge in [-0.2, -0.15) is 0 Å². The third kappa shape index (κ3) is 4.22. The summed E-state index contributed by atoms with van der Waals surface area (Å²) in [5.74, 6) is 1.70. The summed E-state index contributed by atoms with van der Waals surface area (Å²) >= 11 is 6.24. The Kier molecular flexibility index (Phi) is 5.36. The second-order valence-corrected chi connectivity index (χ2v) is 8.33. The predicted molar refractivity (Wildman–Crippen MR) is 116 cm³/mol. The van der Waals surface area contributed by atoms with Gasteiger partial charge in [-0.25, -0.2) is 9.97 Å². The minimum absolute atomic E-state index is 0.259. The molecule has 1 unspecified atom stereocenters. The maximum Gasteiger partial charge on any atom is 0.145 e. The molecule has 3 aromatic rings. The molecule has 2 aliphatic heterocycles. The van der Waals surface area contributed by atoms with Gasteiger partial charge < -0.3 is 10.1 Å². The van der Waals surface area contributed by atoms with E-state index in [0.29, 0.717) is 5.02 Å². The first-order valence-corrected chi connectivity index (χ1v) is 10.7. The van der Waals surface area contributed by atoms with Gasteiger partial charge in [0.1, 0.15) is 11.6 Å². The lowest BCUT2D eigenvalue weighted by Crippen LogP contribution is -2.30. The number of aromatic nitrogens is 2. The fraction of sp³-hybridized carbons (Fsp3) is 0.391. The molecule has 1 saturated heterocycles. The number of ether oxygens (including phenoxy) is 1. The fourth-order valence-electron chi connectivity index (χ4n) is 4.26. The molecule has 0 radical (unpaired) electrons. The van der Waals surface area contributed by atoms with Crippen molar-refractivity contribution in [2.24, 2.45) is 0 Å². The number of nitrogens with one attached hydrogen (secondary N) is 1. The quantitative estimate of drug-likeness (QED) is 0.676. The summed E-state index contributed by atoms with van der Waals surface area (Å²) in [5.41, 5.74) is 3.74. The van der Waals surface area contributed by atoms with Crippen molar-refractivity contribution < 1.29 is 4.74 Å². The Labute approximate surface area is 176 Å². The average Bonchev–Trinajstić information content (AvgIpc) is 3.25. The second kappa shape index (κ2) is 8.27. The van der Waals surface area contributed by atoms with Crippen LogP contribution in [0.1, 0.15) is 29.8 Å². The van der Waals surface area contributed by atoms with E-state index in [9.17, 15) is 0 Å². The molecule has 0 spiro atoms. The van der Waals surface area contributed by atoms with Gasteiger partial charge in [0.05, 0.1) is 18.2 Å². The largest absolute Gasteiger partial charge is 0.376 e. The molecule has 6 heteroatoms. The van der Waals surface area contributed by atoms with Gasteiger partial charge in [-0.05, 0) is 48.6 Å². The number of halogens is 1. The summed E-state index contributed by atoms with van der Waals surface area (Å²) < 4.78 is 5.76. The number of fused-ring (bicyclic) bond motifs is 2. The summed E-state index contributed by atoms with van der Waals surface area (Å²) in [6.07, 6.45) is 3.56. The molecule has 3 heterocycles. The van der Waals surface area contributed by atoms with E-state index in [-0.39, 0.29) is 6.10 Å². The van der Waals surface area contributed by atoms with E-state index in [1.807, 2.05) is 18.2 Å². The third-order valence-electron chi connectivity index (χ3n) is 5.80. The van der Waals surface area contributed by atoms with E-state index in [1.54, 1.807) is 0 Å². The van der Waals surface area contributed by atoms with Crippen LogP contribution in [0.25, 0.3) is 10.9 Å². The minimum Gasteiger partial charge on any atom is -0.376 e. The van der Waals surface area contributed by atoms with Crippen molar-refractivity contribution in [3.63, 3.8) is 0 Å². The van der Waals surface area contributed by atoms with Crippen LogP contribution in [0.5, 0.6) is 0 Å². The first kappa shape index (κ1) is 18.8. The maximum absolute atomic E-state index is 6.24. The second-order valence-electron chi connectivity index (χ2n) is 7.90. The van der Waals surface area contributed by atoms with Crippen LogP contribution in [0.15, 0.2) is 42.5 Å². The number of anilines is 1. The van der Waals surface area contributed by atoms with Gasteiger partial charge in [-0.3, -0.25) is 4.90 Å². The Bertz CT molecular complexity index is 1020. The summed E-state index contributed by atoms with van der Waals surface area (Å²) in [6, 6.07) is 14.5. The molecule has 0 bridgehead atoms. The van der Waals surface area contributed by atoms with Crippen LogP contribution in [0.3, 0.4) is 0 Å². The highest BCUT2D eigenvalue weighted by molar-refractivity contribution is 6.31. The molecule has 2 aromatic carbocycles. The Morgan fingerprint density at radius 1 is 1.14 bits per heavy atom. The van der Waals surface area contributed by atoms with Crippen LogP contribution in [0.4, 0.5) is 5.82 Å². The molecule has 5 nitrogen and oxygen atoms in total. The lowest BCUT2D eigenvalue weighted by Gasteiger charge is -2.28. The van der Waals surface area contributed by atoms with Crippen LogP contribution in [-0.4, -0.2) is 40.7 Å². The van der Waals surface area contributed by atoms with Crippen molar-refractivity contribution in [1.29, 1.82) is 0 Å². The van der Waals surface area contributed by atoms with Crippen LogP contribution in [0.2, 0.25) is 5.02 Å². The van der Waals surface area contributed by atoms with Crippen molar-refractivity contribution in [3.8, 4) is 0 Å². The van der Waals surface area contributed by atoms with Crippen LogP contribution >= 0.6 is 11.6 Å². The van der Waals surface area contributed by atoms with Crippen LogP contribution in [-0.2, 0) is 24.2 Å². The van der Waals surface area contributed by atoms with E-state index in [0.717, 1.165) is 74.6 Å². The van der Waals surface area contributed by atoms with Crippen molar-refractivity contribution in [2.45, 2.75) is 38.5 Å². The highest BCUT2D eigenvalue weighted by atomic mass is 35.5. The average molecular weight is 409 g/mol. The van der Waals surface area contributed by atoms with Gasteiger partial charge in [0.25, 0.3) is 0 Å². The summed E-state index contributed by atoms with van der Waals surface area (Å²) in [6.45, 7) is 4.31. The number of benzene rings is 2. The van der Waals surface area contributed by atoms with Crippen molar-refractivity contribution in [2.75, 3.05) is 25.0 Å². The molecule has 1 atom stereocenters. The Morgan fingerprint density at radius 2 is 2.03 bits per heavy atom. The van der Waals surface area contributed by atoms with Gasteiger partial charge in [-0.1, -0.05) is 35.9 Å². The Hall–Kier alpha value is -2.21. The van der Waals surface area contributed by atoms with Crippen molar-refractivity contribution in [1.82, 2.24) is 14.9 Å². The molecule has 2 aliphatic rings. The highest BCUT2D eigenvalue weighted by Gasteiger charge is 2.19. The molecule has 1 fully saturated rings. The smallest absolute Gasteiger partial charge is 0.145 e. The van der Waals surface area contributed by atoms with E-state index in [2.05, 4.69) is 34.5 Å². The molecule has 150 valence electrons. The van der Waals surface area contributed by atoms with E-state index in [4.69, 9.17) is 26.3 Å². The molecule has 29 heavy (non-hydrogen) atoms. The Balaban J connectivity index is 1.39. The van der Waals surface area contributed by atoms with Crippen molar-refractivity contribution in [3.05, 3.63) is 64.4 Å². The van der Waals surface area contributed by atoms with Gasteiger partial charge in [0.2, 0.25) is 0 Å². The number of rotatable bonds is 5. The fourth-order valence-corrected chi connectivity index (χ4v) is 4.43. The lowest BCUT2D eigenvalue weighted by atomic mass is 10.00. The molecule has 0 aliphatic carbocycles. The summed E-state index contributed by atoms with van der Waals surface area (Å²) in [5, 5.41) is 5.20. The van der Waals surface area contributed by atoms with E-state index >= 15 is 0 Å². The first-order chi connectivity index (χ1) is 14.2. The normalized spacial score (nSPS) is 19.4. The highest BCUT2D eigenvalue weighted by Crippen LogP contribution is 2.26. The Morgan fingerprint density at radius 3 is 2.90 bits per heavy atom. The first-order valence-electron chi connectivity index (χ1n) is 10.4. The zero-order valence-corrected chi connectivity index (χ0v) is 17.2. The minimum atomic E-state index is 0.259.